The Morgan fingerprint density at radius 3 is 2.14 bits per heavy atom. The highest BCUT2D eigenvalue weighted by molar-refractivity contribution is 5.42. The van der Waals surface area contributed by atoms with E-state index in [4.69, 9.17) is 4.74 Å². The molecule has 1 unspecified atom stereocenters. The van der Waals surface area contributed by atoms with Gasteiger partial charge in [0.25, 0.3) is 0 Å². The van der Waals surface area contributed by atoms with Crippen LogP contribution in [0.25, 0.3) is 0 Å². The van der Waals surface area contributed by atoms with Crippen molar-refractivity contribution < 1.29 is 18.7 Å². The first-order valence-corrected chi connectivity index (χ1v) is 10.9. The van der Waals surface area contributed by atoms with Crippen molar-refractivity contribution in [3.8, 4) is 5.75 Å². The van der Waals surface area contributed by atoms with Crippen LogP contribution in [-0.4, -0.2) is 41.9 Å². The van der Waals surface area contributed by atoms with Crippen molar-refractivity contribution in [1.82, 2.24) is 0 Å². The second-order valence-corrected chi connectivity index (χ2v) is 8.86. The van der Waals surface area contributed by atoms with Gasteiger partial charge in [-0.3, -0.25) is 0 Å². The van der Waals surface area contributed by atoms with E-state index >= 15 is 0 Å². The van der Waals surface area contributed by atoms with E-state index in [0.717, 1.165) is 46.6 Å². The number of benzene rings is 2. The first-order valence-electron chi connectivity index (χ1n) is 10.9. The average molecular weight is 401 g/mol. The van der Waals surface area contributed by atoms with Crippen molar-refractivity contribution in [2.45, 2.75) is 59.1 Å². The van der Waals surface area contributed by atoms with E-state index in [2.05, 4.69) is 32.9 Å². The van der Waals surface area contributed by atoms with Crippen LogP contribution in [0.4, 0.5) is 4.39 Å². The van der Waals surface area contributed by atoms with E-state index < -0.39 is 6.10 Å². The van der Waals surface area contributed by atoms with Gasteiger partial charge < -0.3 is 14.3 Å². The second kappa shape index (κ2) is 9.73. The largest absolute Gasteiger partial charge is 0.490 e. The van der Waals surface area contributed by atoms with Crippen LogP contribution in [0.2, 0.25) is 0 Å². The fourth-order valence-electron chi connectivity index (χ4n) is 4.82. The third kappa shape index (κ3) is 6.03. The van der Waals surface area contributed by atoms with Crippen LogP contribution in [-0.2, 0) is 6.54 Å². The van der Waals surface area contributed by atoms with Gasteiger partial charge in [-0.25, -0.2) is 4.39 Å². The smallest absolute Gasteiger partial charge is 0.137 e. The van der Waals surface area contributed by atoms with Gasteiger partial charge in [-0.15, -0.1) is 0 Å². The molecular formula is C25H35FNO2+. The van der Waals surface area contributed by atoms with Crippen molar-refractivity contribution >= 4 is 0 Å². The van der Waals surface area contributed by atoms with Gasteiger partial charge in [0.1, 0.15) is 37.4 Å². The minimum Gasteiger partial charge on any atom is -0.490 e. The Bertz CT molecular complexity index is 772. The van der Waals surface area contributed by atoms with Crippen molar-refractivity contribution in [2.75, 3.05) is 26.2 Å². The van der Waals surface area contributed by atoms with Gasteiger partial charge in [-0.2, -0.15) is 0 Å². The third-order valence-corrected chi connectivity index (χ3v) is 6.07. The van der Waals surface area contributed by atoms with Crippen LogP contribution < -0.4 is 4.74 Å². The maximum Gasteiger partial charge on any atom is 0.137 e. The van der Waals surface area contributed by atoms with E-state index in [1.807, 2.05) is 12.1 Å². The van der Waals surface area contributed by atoms with Crippen LogP contribution in [0.5, 0.6) is 5.75 Å². The number of hydrogen-bond donors (Lipinski definition) is 1. The van der Waals surface area contributed by atoms with Gasteiger partial charge in [0.2, 0.25) is 0 Å². The standard InChI is InChI=1S/C25H35FNO2/c1-19-14-20(2)25(21(3)15-19)29-18-24(28)17-27(12-6-4-5-7-13-27)16-22-8-10-23(26)11-9-22/h8-11,14-15,24,28H,4-7,12-13,16-18H2,1-3H3/q+1. The first kappa shape index (κ1) is 21.8. The van der Waals surface area contributed by atoms with Crippen LogP contribution in [0, 0.1) is 26.6 Å². The number of aliphatic hydroxyl groups excluding tert-OH is 1. The summed E-state index contributed by atoms with van der Waals surface area (Å²) in [5.41, 5.74) is 4.58. The molecule has 1 N–H and O–H groups in total. The van der Waals surface area contributed by atoms with Gasteiger partial charge in [0.15, 0.2) is 0 Å². The molecule has 2 aromatic carbocycles. The normalized spacial score (nSPS) is 17.6. The average Bonchev–Trinajstić information content (AvgIpc) is 2.88. The molecule has 1 fully saturated rings. The monoisotopic (exact) mass is 400 g/mol. The molecule has 29 heavy (non-hydrogen) atoms. The summed E-state index contributed by atoms with van der Waals surface area (Å²) in [7, 11) is 0. The Hall–Kier alpha value is -1.91. The lowest BCUT2D eigenvalue weighted by molar-refractivity contribution is -0.942. The lowest BCUT2D eigenvalue weighted by atomic mass is 10.1. The summed E-state index contributed by atoms with van der Waals surface area (Å²) >= 11 is 0. The number of rotatable bonds is 7. The molecule has 0 saturated carbocycles. The fraction of sp³-hybridized carbons (Fsp3) is 0.520. The van der Waals surface area contributed by atoms with E-state index in [9.17, 15) is 9.50 Å². The predicted octanol–water partition coefficient (Wildman–Crippen LogP) is 5.08. The summed E-state index contributed by atoms with van der Waals surface area (Å²) in [6.07, 6.45) is 4.31. The number of halogens is 1. The lowest BCUT2D eigenvalue weighted by Crippen LogP contribution is -2.53. The van der Waals surface area contributed by atoms with Crippen LogP contribution in [0.3, 0.4) is 0 Å². The Balaban J connectivity index is 1.69. The van der Waals surface area contributed by atoms with Crippen molar-refractivity contribution in [3.63, 3.8) is 0 Å². The summed E-state index contributed by atoms with van der Waals surface area (Å²) in [6, 6.07) is 11.1. The van der Waals surface area contributed by atoms with Crippen molar-refractivity contribution in [2.24, 2.45) is 0 Å². The minimum atomic E-state index is -0.534. The van der Waals surface area contributed by atoms with E-state index in [1.165, 1.54) is 43.4 Å². The SMILES string of the molecule is Cc1cc(C)c(OCC(O)C[N+]2(Cc3ccc(F)cc3)CCCCCC2)c(C)c1. The summed E-state index contributed by atoms with van der Waals surface area (Å²) in [6.45, 7) is 10.1. The predicted molar refractivity (Wildman–Crippen MR) is 116 cm³/mol. The number of aryl methyl sites for hydroxylation is 3. The molecule has 4 heteroatoms. The lowest BCUT2D eigenvalue weighted by Gasteiger charge is -2.39. The first-order chi connectivity index (χ1) is 13.9. The van der Waals surface area contributed by atoms with Crippen molar-refractivity contribution in [3.05, 3.63) is 64.5 Å². The number of quaternary nitrogens is 1. The summed E-state index contributed by atoms with van der Waals surface area (Å²) in [4.78, 5) is 0. The molecule has 0 bridgehead atoms. The molecule has 0 radical (unpaired) electrons. The van der Waals surface area contributed by atoms with E-state index in [-0.39, 0.29) is 5.82 Å². The molecule has 1 aliphatic heterocycles. The van der Waals surface area contributed by atoms with Crippen molar-refractivity contribution in [1.29, 1.82) is 0 Å². The molecule has 3 rings (SSSR count). The molecule has 158 valence electrons. The Morgan fingerprint density at radius 2 is 1.55 bits per heavy atom. The number of ether oxygens (including phenoxy) is 1. The second-order valence-electron chi connectivity index (χ2n) is 8.86. The Kier molecular flexibility index (Phi) is 7.31. The quantitative estimate of drug-likeness (QED) is 0.657. The van der Waals surface area contributed by atoms with Gasteiger partial charge >= 0.3 is 0 Å². The summed E-state index contributed by atoms with van der Waals surface area (Å²) in [5.74, 6) is 0.684. The molecule has 0 spiro atoms. The van der Waals surface area contributed by atoms with Crippen LogP contribution in [0.1, 0.15) is 47.9 Å². The summed E-state index contributed by atoms with van der Waals surface area (Å²) in [5, 5.41) is 10.9. The maximum atomic E-state index is 13.3. The van der Waals surface area contributed by atoms with Crippen LogP contribution >= 0.6 is 0 Å². The van der Waals surface area contributed by atoms with Gasteiger partial charge in [0, 0.05) is 5.56 Å². The van der Waals surface area contributed by atoms with Gasteiger partial charge in [0.05, 0.1) is 13.1 Å². The summed E-state index contributed by atoms with van der Waals surface area (Å²) < 4.78 is 20.2. The van der Waals surface area contributed by atoms with Gasteiger partial charge in [-0.05, 0) is 69.7 Å². The topological polar surface area (TPSA) is 29.5 Å². The number of hydrogen-bond acceptors (Lipinski definition) is 2. The molecule has 1 saturated heterocycles. The van der Waals surface area contributed by atoms with Crippen LogP contribution in [0.15, 0.2) is 36.4 Å². The highest BCUT2D eigenvalue weighted by atomic mass is 19.1. The molecule has 3 nitrogen and oxygen atoms in total. The molecule has 2 aromatic rings. The number of nitrogens with zero attached hydrogens (tertiary/aromatic N) is 1. The highest BCUT2D eigenvalue weighted by Gasteiger charge is 2.32. The Morgan fingerprint density at radius 1 is 0.966 bits per heavy atom. The number of likely N-dealkylation sites (tertiary alicyclic amines) is 1. The zero-order valence-corrected chi connectivity index (χ0v) is 18.1. The molecular weight excluding hydrogens is 365 g/mol. The zero-order chi connectivity index (χ0) is 20.9. The molecule has 1 atom stereocenters. The number of aliphatic hydroxyl groups is 1. The molecule has 0 aliphatic carbocycles. The fourth-order valence-corrected chi connectivity index (χ4v) is 4.82. The van der Waals surface area contributed by atoms with E-state index in [0.29, 0.717) is 13.2 Å². The molecule has 1 heterocycles. The minimum absolute atomic E-state index is 0.201. The maximum absolute atomic E-state index is 13.3. The highest BCUT2D eigenvalue weighted by Crippen LogP contribution is 2.26. The van der Waals surface area contributed by atoms with Gasteiger partial charge in [-0.1, -0.05) is 29.8 Å². The third-order valence-electron chi connectivity index (χ3n) is 6.07. The van der Waals surface area contributed by atoms with E-state index in [1.54, 1.807) is 0 Å². The molecule has 1 aliphatic rings. The zero-order valence-electron chi connectivity index (χ0n) is 18.1. The molecule has 0 aromatic heterocycles. The Labute approximate surface area is 174 Å². The molecule has 0 amide bonds.